The summed E-state index contributed by atoms with van der Waals surface area (Å²) in [6.07, 6.45) is 2.34. The molecule has 6 heteroatoms. The smallest absolute Gasteiger partial charge is 0.290 e. The average molecular weight is 410 g/mol. The second kappa shape index (κ2) is 9.11. The number of phenols is 1. The molecule has 1 aromatic heterocycles. The molecular formula is C24H27FN2O3. The first kappa shape index (κ1) is 21.6. The maximum atomic E-state index is 13.9. The zero-order valence-corrected chi connectivity index (χ0v) is 17.5. The van der Waals surface area contributed by atoms with Gasteiger partial charge in [-0.05, 0) is 66.6 Å². The minimum atomic E-state index is -0.250. The van der Waals surface area contributed by atoms with E-state index in [0.717, 1.165) is 40.9 Å². The number of halogens is 1. The van der Waals surface area contributed by atoms with Crippen LogP contribution in [0.25, 0.3) is 22.0 Å². The molecular weight excluding hydrogens is 383 g/mol. The van der Waals surface area contributed by atoms with Gasteiger partial charge in [0.2, 0.25) is 0 Å². The van der Waals surface area contributed by atoms with Crippen molar-refractivity contribution in [3.63, 3.8) is 0 Å². The summed E-state index contributed by atoms with van der Waals surface area (Å²) in [7, 11) is 0. The third-order valence-corrected chi connectivity index (χ3v) is 5.42. The van der Waals surface area contributed by atoms with Gasteiger partial charge in [-0.3, -0.25) is 4.79 Å². The highest BCUT2D eigenvalue weighted by atomic mass is 19.1. The number of hydrogen-bond donors (Lipinski definition) is 2. The van der Waals surface area contributed by atoms with Gasteiger partial charge in [-0.25, -0.2) is 9.37 Å². The molecule has 1 fully saturated rings. The average Bonchev–Trinajstić information content (AvgIpc) is 3.23. The first-order valence-electron chi connectivity index (χ1n) is 10.1. The molecule has 5 nitrogen and oxygen atoms in total. The van der Waals surface area contributed by atoms with Crippen molar-refractivity contribution in [1.82, 2.24) is 4.98 Å². The van der Waals surface area contributed by atoms with Gasteiger partial charge in [0, 0.05) is 30.1 Å². The molecule has 0 aliphatic carbocycles. The van der Waals surface area contributed by atoms with E-state index in [9.17, 15) is 9.50 Å². The third kappa shape index (κ3) is 4.22. The van der Waals surface area contributed by atoms with E-state index in [1.54, 1.807) is 19.1 Å². The Hall–Kier alpha value is -3.15. The highest BCUT2D eigenvalue weighted by Gasteiger charge is 2.24. The number of aryl methyl sites for hydroxylation is 1. The zero-order chi connectivity index (χ0) is 21.8. The zero-order valence-electron chi connectivity index (χ0n) is 17.5. The number of carboxylic acid groups (broad SMARTS) is 1. The number of hydrogen-bond acceptors (Lipinski definition) is 4. The summed E-state index contributed by atoms with van der Waals surface area (Å²) in [4.78, 5) is 15.7. The molecule has 30 heavy (non-hydrogen) atoms. The molecule has 2 heterocycles. The molecule has 3 aromatic rings. The number of pyridine rings is 1. The number of anilines is 1. The quantitative estimate of drug-likeness (QED) is 0.560. The number of phenolic OH excluding ortho intramolecular Hbond substituents is 1. The lowest BCUT2D eigenvalue weighted by Crippen LogP contribution is -2.21. The predicted octanol–water partition coefficient (Wildman–Crippen LogP) is 5.48. The van der Waals surface area contributed by atoms with Crippen molar-refractivity contribution in [2.45, 2.75) is 39.5 Å². The fourth-order valence-corrected chi connectivity index (χ4v) is 4.08. The highest BCUT2D eigenvalue weighted by molar-refractivity contribution is 5.99. The lowest BCUT2D eigenvalue weighted by molar-refractivity contribution is -0.122. The highest BCUT2D eigenvalue weighted by Crippen LogP contribution is 2.42. The summed E-state index contributed by atoms with van der Waals surface area (Å²) < 4.78 is 13.9. The lowest BCUT2D eigenvalue weighted by Gasteiger charge is -2.26. The fourth-order valence-electron chi connectivity index (χ4n) is 4.08. The minimum Gasteiger partial charge on any atom is -0.508 e. The van der Waals surface area contributed by atoms with Gasteiger partial charge in [-0.2, -0.15) is 0 Å². The van der Waals surface area contributed by atoms with Gasteiger partial charge in [-0.15, -0.1) is 0 Å². The first-order chi connectivity index (χ1) is 14.4. The molecule has 2 N–H and O–H groups in total. The van der Waals surface area contributed by atoms with Crippen molar-refractivity contribution in [1.29, 1.82) is 0 Å². The van der Waals surface area contributed by atoms with E-state index in [4.69, 9.17) is 14.9 Å². The number of carbonyl (C=O) groups is 1. The Bertz CT molecular complexity index is 1060. The van der Waals surface area contributed by atoms with Gasteiger partial charge in [0.1, 0.15) is 17.4 Å². The second-order valence-electron chi connectivity index (χ2n) is 7.84. The monoisotopic (exact) mass is 410 g/mol. The lowest BCUT2D eigenvalue weighted by atomic mass is 9.89. The van der Waals surface area contributed by atoms with Gasteiger partial charge >= 0.3 is 0 Å². The van der Waals surface area contributed by atoms with Crippen LogP contribution < -0.4 is 4.90 Å². The van der Waals surface area contributed by atoms with Crippen LogP contribution in [-0.2, 0) is 4.79 Å². The molecule has 0 saturated carbocycles. The molecule has 1 aliphatic heterocycles. The van der Waals surface area contributed by atoms with E-state index >= 15 is 0 Å². The van der Waals surface area contributed by atoms with Crippen LogP contribution in [0.3, 0.4) is 0 Å². The van der Waals surface area contributed by atoms with Gasteiger partial charge in [0.25, 0.3) is 6.47 Å². The molecule has 0 atom stereocenters. The van der Waals surface area contributed by atoms with Crippen LogP contribution in [0, 0.1) is 12.7 Å². The van der Waals surface area contributed by atoms with E-state index in [2.05, 4.69) is 18.7 Å². The van der Waals surface area contributed by atoms with E-state index in [-0.39, 0.29) is 24.0 Å². The summed E-state index contributed by atoms with van der Waals surface area (Å²) in [5.74, 6) is 1.28. The molecule has 4 rings (SSSR count). The number of aromatic hydroxyl groups is 1. The summed E-state index contributed by atoms with van der Waals surface area (Å²) >= 11 is 0. The van der Waals surface area contributed by atoms with Crippen LogP contribution in [0.15, 0.2) is 36.4 Å². The molecule has 2 aromatic carbocycles. The third-order valence-electron chi connectivity index (χ3n) is 5.42. The standard InChI is InChI=1S/C23H25FN2O.CH2O2/c1-14(2)21-22(16-6-9-19(24)15(3)12-16)18-8-7-17(27)13-20(18)25-23(21)26-10-4-5-11-26;2-1-3/h6-9,12-14,27H,4-5,10-11H2,1-3H3;1H,(H,2,3). The van der Waals surface area contributed by atoms with E-state index in [1.165, 1.54) is 24.5 Å². The van der Waals surface area contributed by atoms with Crippen LogP contribution >= 0.6 is 0 Å². The fraction of sp³-hybridized carbons (Fsp3) is 0.333. The van der Waals surface area contributed by atoms with Crippen molar-refractivity contribution in [2.24, 2.45) is 0 Å². The van der Waals surface area contributed by atoms with Gasteiger partial charge in [-0.1, -0.05) is 19.9 Å². The van der Waals surface area contributed by atoms with Crippen molar-refractivity contribution >= 4 is 23.2 Å². The molecule has 158 valence electrons. The van der Waals surface area contributed by atoms with Gasteiger partial charge in [0.15, 0.2) is 0 Å². The number of rotatable bonds is 3. The largest absolute Gasteiger partial charge is 0.508 e. The summed E-state index contributed by atoms with van der Waals surface area (Å²) in [5, 5.41) is 17.9. The first-order valence-corrected chi connectivity index (χ1v) is 10.1. The van der Waals surface area contributed by atoms with Crippen molar-refractivity contribution in [3.8, 4) is 16.9 Å². The molecule has 1 saturated heterocycles. The number of aromatic nitrogens is 1. The Morgan fingerprint density at radius 2 is 1.80 bits per heavy atom. The van der Waals surface area contributed by atoms with Crippen molar-refractivity contribution < 1.29 is 19.4 Å². The molecule has 0 amide bonds. The Morgan fingerprint density at radius 1 is 1.13 bits per heavy atom. The Morgan fingerprint density at radius 3 is 2.40 bits per heavy atom. The summed E-state index contributed by atoms with van der Waals surface area (Å²) in [6.45, 7) is 7.91. The second-order valence-corrected chi connectivity index (χ2v) is 7.84. The van der Waals surface area contributed by atoms with Gasteiger partial charge < -0.3 is 15.1 Å². The topological polar surface area (TPSA) is 73.7 Å². The van der Waals surface area contributed by atoms with Crippen LogP contribution in [-0.4, -0.2) is 34.8 Å². The number of benzene rings is 2. The van der Waals surface area contributed by atoms with E-state index in [0.29, 0.717) is 5.56 Å². The Labute approximate surface area is 175 Å². The van der Waals surface area contributed by atoms with E-state index in [1.807, 2.05) is 18.2 Å². The minimum absolute atomic E-state index is 0.194. The van der Waals surface area contributed by atoms with Crippen LogP contribution in [0.1, 0.15) is 43.7 Å². The number of fused-ring (bicyclic) bond motifs is 1. The summed E-state index contributed by atoms with van der Waals surface area (Å²) in [6, 6.07) is 10.6. The van der Waals surface area contributed by atoms with E-state index < -0.39 is 0 Å². The SMILES string of the molecule is Cc1cc(-c2c(C(C)C)c(N3CCCC3)nc3cc(O)ccc23)ccc1F.O=CO. The maximum Gasteiger partial charge on any atom is 0.290 e. The van der Waals surface area contributed by atoms with Crippen LogP contribution in [0.4, 0.5) is 10.2 Å². The maximum absolute atomic E-state index is 13.9. The molecule has 0 radical (unpaired) electrons. The number of nitrogens with zero attached hydrogens (tertiary/aromatic N) is 2. The van der Waals surface area contributed by atoms with Crippen LogP contribution in [0.5, 0.6) is 5.75 Å². The summed E-state index contributed by atoms with van der Waals surface area (Å²) in [5.41, 5.74) is 4.70. The van der Waals surface area contributed by atoms with Crippen molar-refractivity contribution in [3.05, 3.63) is 53.3 Å². The molecule has 1 aliphatic rings. The van der Waals surface area contributed by atoms with Crippen molar-refractivity contribution in [2.75, 3.05) is 18.0 Å². The Balaban J connectivity index is 0.000000806. The Kier molecular flexibility index (Phi) is 6.55. The molecule has 0 spiro atoms. The predicted molar refractivity (Wildman–Crippen MR) is 118 cm³/mol. The van der Waals surface area contributed by atoms with Crippen LogP contribution in [0.2, 0.25) is 0 Å². The molecule has 0 bridgehead atoms. The molecule has 0 unspecified atom stereocenters. The van der Waals surface area contributed by atoms with Gasteiger partial charge in [0.05, 0.1) is 5.52 Å². The normalized spacial score (nSPS) is 13.4.